The van der Waals surface area contributed by atoms with Crippen molar-refractivity contribution in [1.82, 2.24) is 0 Å². The van der Waals surface area contributed by atoms with Crippen LogP contribution in [0.3, 0.4) is 0 Å². The maximum Gasteiger partial charge on any atom is 0.261 e. The zero-order valence-electron chi connectivity index (χ0n) is 19.2. The van der Waals surface area contributed by atoms with Gasteiger partial charge in [-0.3, -0.25) is 14.2 Å². The Labute approximate surface area is 234 Å². The van der Waals surface area contributed by atoms with Gasteiger partial charge >= 0.3 is 0 Å². The molecule has 0 aliphatic rings. The van der Waals surface area contributed by atoms with E-state index in [1.54, 1.807) is 24.3 Å². The molecular weight excluding hydrogens is 593 g/mol. The summed E-state index contributed by atoms with van der Waals surface area (Å²) in [6, 6.07) is 21.9. The molecular formula is C25H18Cl3N3O5S2. The Hall–Kier alpha value is -3.28. The van der Waals surface area contributed by atoms with E-state index >= 15 is 0 Å². The zero-order chi connectivity index (χ0) is 27.5. The van der Waals surface area contributed by atoms with Gasteiger partial charge in [-0.15, -0.1) is 0 Å². The number of sulfonamides is 2. The molecule has 4 rings (SSSR count). The van der Waals surface area contributed by atoms with Gasteiger partial charge < -0.3 is 5.32 Å². The van der Waals surface area contributed by atoms with Gasteiger partial charge in [0.15, 0.2) is 0 Å². The largest absolute Gasteiger partial charge is 0.322 e. The molecule has 0 saturated heterocycles. The molecule has 4 aromatic carbocycles. The van der Waals surface area contributed by atoms with Crippen molar-refractivity contribution in [3.05, 3.63) is 112 Å². The lowest BCUT2D eigenvalue weighted by molar-refractivity contribution is 0.102. The van der Waals surface area contributed by atoms with Crippen molar-refractivity contribution >= 4 is 77.8 Å². The summed E-state index contributed by atoms with van der Waals surface area (Å²) < 4.78 is 55.2. The second-order valence-electron chi connectivity index (χ2n) is 7.80. The summed E-state index contributed by atoms with van der Waals surface area (Å²) >= 11 is 18.2. The topological polar surface area (TPSA) is 121 Å². The maximum absolute atomic E-state index is 12.8. The van der Waals surface area contributed by atoms with Gasteiger partial charge in [-0.2, -0.15) is 0 Å². The standard InChI is InChI=1S/C25H18Cl3N3O5S2/c26-21-7-4-8-23(24(21)28)31-38(35,36)19-12-9-16(10-13-19)29-25(32)20-14-11-17(15-22(20)27)30-37(33,34)18-5-2-1-3-6-18/h1-15,30-31H,(H,29,32). The summed E-state index contributed by atoms with van der Waals surface area (Å²) in [5, 5.41) is 2.90. The highest BCUT2D eigenvalue weighted by Gasteiger charge is 2.19. The number of halogens is 3. The van der Waals surface area contributed by atoms with E-state index in [2.05, 4.69) is 14.8 Å². The van der Waals surface area contributed by atoms with Crippen LogP contribution in [0.4, 0.5) is 17.1 Å². The molecule has 0 aromatic heterocycles. The Morgan fingerprint density at radius 3 is 1.87 bits per heavy atom. The highest BCUT2D eigenvalue weighted by molar-refractivity contribution is 7.93. The van der Waals surface area contributed by atoms with Crippen LogP contribution in [0, 0.1) is 0 Å². The quantitative estimate of drug-likeness (QED) is 0.210. The van der Waals surface area contributed by atoms with Crippen LogP contribution in [0.25, 0.3) is 0 Å². The van der Waals surface area contributed by atoms with Crippen molar-refractivity contribution in [2.24, 2.45) is 0 Å². The monoisotopic (exact) mass is 609 g/mol. The number of carbonyl (C=O) groups excluding carboxylic acids is 1. The van der Waals surface area contributed by atoms with Gasteiger partial charge in [0, 0.05) is 5.69 Å². The average molecular weight is 611 g/mol. The van der Waals surface area contributed by atoms with Crippen molar-refractivity contribution in [1.29, 1.82) is 0 Å². The van der Waals surface area contributed by atoms with Crippen molar-refractivity contribution in [3.63, 3.8) is 0 Å². The van der Waals surface area contributed by atoms with Gasteiger partial charge in [-0.25, -0.2) is 16.8 Å². The lowest BCUT2D eigenvalue weighted by Gasteiger charge is -2.12. The summed E-state index contributed by atoms with van der Waals surface area (Å²) in [4.78, 5) is 12.8. The SMILES string of the molecule is O=C(Nc1ccc(S(=O)(=O)Nc2cccc(Cl)c2Cl)cc1)c1ccc(NS(=O)(=O)c2ccccc2)cc1Cl. The number of nitrogens with one attached hydrogen (secondary N) is 3. The van der Waals surface area contributed by atoms with Crippen LogP contribution < -0.4 is 14.8 Å². The van der Waals surface area contributed by atoms with E-state index in [4.69, 9.17) is 34.8 Å². The number of carbonyl (C=O) groups is 1. The Kier molecular flexibility index (Phi) is 8.19. The van der Waals surface area contributed by atoms with Gasteiger partial charge in [0.05, 0.1) is 41.8 Å². The van der Waals surface area contributed by atoms with Crippen LogP contribution in [0.1, 0.15) is 10.4 Å². The van der Waals surface area contributed by atoms with Gasteiger partial charge in [0.25, 0.3) is 26.0 Å². The van der Waals surface area contributed by atoms with Crippen molar-refractivity contribution in [2.75, 3.05) is 14.8 Å². The first-order chi connectivity index (χ1) is 18.0. The Balaban J connectivity index is 1.45. The third-order valence-corrected chi connectivity index (χ3v) is 9.05. The van der Waals surface area contributed by atoms with Gasteiger partial charge in [0.1, 0.15) is 0 Å². The van der Waals surface area contributed by atoms with Crippen LogP contribution in [-0.2, 0) is 20.0 Å². The van der Waals surface area contributed by atoms with Crippen molar-refractivity contribution in [3.8, 4) is 0 Å². The molecule has 8 nitrogen and oxygen atoms in total. The lowest BCUT2D eigenvalue weighted by atomic mass is 10.2. The second-order valence-corrected chi connectivity index (χ2v) is 12.4. The van der Waals surface area contributed by atoms with E-state index in [1.807, 2.05) is 0 Å². The fraction of sp³-hybridized carbons (Fsp3) is 0. The molecule has 0 bridgehead atoms. The third-order valence-electron chi connectivity index (χ3n) is 5.14. The molecule has 4 aromatic rings. The first kappa shape index (κ1) is 27.7. The number of amides is 1. The number of benzene rings is 4. The molecule has 0 heterocycles. The van der Waals surface area contributed by atoms with Gasteiger partial charge in [-0.05, 0) is 66.7 Å². The minimum atomic E-state index is -3.98. The summed E-state index contributed by atoms with van der Waals surface area (Å²) in [6.45, 7) is 0. The normalized spacial score (nSPS) is 11.6. The van der Waals surface area contributed by atoms with Crippen molar-refractivity contribution in [2.45, 2.75) is 9.79 Å². The minimum absolute atomic E-state index is 0.0116. The Morgan fingerprint density at radius 1 is 0.605 bits per heavy atom. The predicted octanol–water partition coefficient (Wildman–Crippen LogP) is 6.50. The minimum Gasteiger partial charge on any atom is -0.322 e. The molecule has 0 aliphatic heterocycles. The summed E-state index contributed by atoms with van der Waals surface area (Å²) in [5.41, 5.74) is 0.695. The molecule has 3 N–H and O–H groups in total. The zero-order valence-corrected chi connectivity index (χ0v) is 23.1. The number of hydrogen-bond donors (Lipinski definition) is 3. The Bertz CT molecular complexity index is 1720. The first-order valence-corrected chi connectivity index (χ1v) is 14.8. The number of anilines is 3. The van der Waals surface area contributed by atoms with Crippen LogP contribution >= 0.6 is 34.8 Å². The predicted molar refractivity (Wildman–Crippen MR) is 150 cm³/mol. The molecule has 0 radical (unpaired) electrons. The average Bonchev–Trinajstić information content (AvgIpc) is 2.87. The van der Waals surface area contributed by atoms with Crippen LogP contribution in [0.5, 0.6) is 0 Å². The van der Waals surface area contributed by atoms with E-state index in [9.17, 15) is 21.6 Å². The highest BCUT2D eigenvalue weighted by Crippen LogP contribution is 2.31. The summed E-state index contributed by atoms with van der Waals surface area (Å²) in [5.74, 6) is -0.577. The van der Waals surface area contributed by atoms with E-state index < -0.39 is 26.0 Å². The Morgan fingerprint density at radius 2 is 1.21 bits per heavy atom. The number of hydrogen-bond acceptors (Lipinski definition) is 5. The number of rotatable bonds is 8. The smallest absolute Gasteiger partial charge is 0.261 e. The third kappa shape index (κ3) is 6.40. The molecule has 38 heavy (non-hydrogen) atoms. The molecule has 196 valence electrons. The van der Waals surface area contributed by atoms with E-state index in [-0.39, 0.29) is 41.8 Å². The van der Waals surface area contributed by atoms with E-state index in [1.165, 1.54) is 66.7 Å². The van der Waals surface area contributed by atoms with Crippen molar-refractivity contribution < 1.29 is 21.6 Å². The molecule has 0 spiro atoms. The molecule has 0 unspecified atom stereocenters. The molecule has 1 amide bonds. The first-order valence-electron chi connectivity index (χ1n) is 10.7. The fourth-order valence-corrected chi connectivity index (χ4v) is 6.09. The molecule has 0 fully saturated rings. The van der Waals surface area contributed by atoms with E-state index in [0.29, 0.717) is 5.69 Å². The highest BCUT2D eigenvalue weighted by atomic mass is 35.5. The molecule has 0 aliphatic carbocycles. The maximum atomic E-state index is 12.8. The lowest BCUT2D eigenvalue weighted by Crippen LogP contribution is -2.15. The van der Waals surface area contributed by atoms with E-state index in [0.717, 1.165) is 0 Å². The van der Waals surface area contributed by atoms with Crippen LogP contribution in [0.15, 0.2) is 101 Å². The second kappa shape index (κ2) is 11.2. The van der Waals surface area contributed by atoms with Crippen LogP contribution in [-0.4, -0.2) is 22.7 Å². The fourth-order valence-electron chi connectivity index (χ4n) is 3.28. The molecule has 13 heteroatoms. The molecule has 0 atom stereocenters. The van der Waals surface area contributed by atoms with Gasteiger partial charge in [-0.1, -0.05) is 59.1 Å². The molecule has 0 saturated carbocycles. The summed E-state index contributed by atoms with van der Waals surface area (Å²) in [6.07, 6.45) is 0. The summed E-state index contributed by atoms with van der Waals surface area (Å²) in [7, 11) is -7.81. The van der Waals surface area contributed by atoms with Gasteiger partial charge in [0.2, 0.25) is 0 Å². The van der Waals surface area contributed by atoms with Crippen LogP contribution in [0.2, 0.25) is 15.1 Å².